The van der Waals surface area contributed by atoms with Crippen molar-refractivity contribution in [3.8, 4) is 0 Å². The van der Waals surface area contributed by atoms with Gasteiger partial charge >= 0.3 is 0 Å². The molecule has 1 heterocycles. The van der Waals surface area contributed by atoms with Crippen molar-refractivity contribution in [1.29, 1.82) is 0 Å². The van der Waals surface area contributed by atoms with Crippen molar-refractivity contribution in [2.24, 2.45) is 5.73 Å². The Kier molecular flexibility index (Phi) is 4.06. The van der Waals surface area contributed by atoms with Crippen LogP contribution in [-0.4, -0.2) is 13.4 Å². The molecule has 1 aromatic carbocycles. The predicted octanol–water partition coefficient (Wildman–Crippen LogP) is 1.96. The van der Waals surface area contributed by atoms with Gasteiger partial charge in [0.15, 0.2) is 0 Å². The number of benzene rings is 1. The summed E-state index contributed by atoms with van der Waals surface area (Å²) in [7, 11) is -3.68. The smallest absolute Gasteiger partial charge is 0.263 e. The Morgan fingerprint density at radius 2 is 1.95 bits per heavy atom. The lowest BCUT2D eigenvalue weighted by Gasteiger charge is -2.11. The molecule has 0 aliphatic carbocycles. The first-order chi connectivity index (χ1) is 9.44. The van der Waals surface area contributed by atoms with E-state index in [2.05, 4.69) is 9.71 Å². The Hall–Kier alpha value is -1.92. The van der Waals surface area contributed by atoms with E-state index in [-0.39, 0.29) is 11.4 Å². The van der Waals surface area contributed by atoms with Gasteiger partial charge in [-0.3, -0.25) is 9.71 Å². The van der Waals surface area contributed by atoms with Crippen molar-refractivity contribution in [3.63, 3.8) is 0 Å². The minimum absolute atomic E-state index is 0.0734. The molecular formula is C14H17N3O2S. The molecule has 0 saturated carbocycles. The fraction of sp³-hybridized carbons (Fsp3) is 0.214. The number of anilines is 1. The Morgan fingerprint density at radius 1 is 1.20 bits per heavy atom. The summed E-state index contributed by atoms with van der Waals surface area (Å²) in [6.07, 6.45) is 1.53. The van der Waals surface area contributed by atoms with Gasteiger partial charge in [-0.15, -0.1) is 0 Å². The highest BCUT2D eigenvalue weighted by atomic mass is 32.2. The first kappa shape index (κ1) is 14.5. The molecule has 2 rings (SSSR count). The van der Waals surface area contributed by atoms with E-state index < -0.39 is 10.0 Å². The van der Waals surface area contributed by atoms with Crippen molar-refractivity contribution in [2.75, 3.05) is 4.72 Å². The Balaban J connectivity index is 2.38. The first-order valence-corrected chi connectivity index (χ1v) is 7.66. The van der Waals surface area contributed by atoms with Crippen molar-refractivity contribution in [2.45, 2.75) is 25.3 Å². The standard InChI is InChI=1S/C14H17N3O2S/c1-10-5-6-12(8-11(10)2)17-20(18,19)14-4-3-7-16-13(14)9-15/h3-8,17H,9,15H2,1-2H3. The number of nitrogens with zero attached hydrogens (tertiary/aromatic N) is 1. The quantitative estimate of drug-likeness (QED) is 0.901. The number of nitrogens with one attached hydrogen (secondary N) is 1. The van der Waals surface area contributed by atoms with Gasteiger partial charge in [0.1, 0.15) is 4.90 Å². The van der Waals surface area contributed by atoms with Crippen LogP contribution >= 0.6 is 0 Å². The molecule has 6 heteroatoms. The maximum absolute atomic E-state index is 12.4. The third-order valence-corrected chi connectivity index (χ3v) is 4.55. The summed E-state index contributed by atoms with van der Waals surface area (Å²) in [6.45, 7) is 3.98. The molecule has 106 valence electrons. The van der Waals surface area contributed by atoms with Crippen LogP contribution in [0.25, 0.3) is 0 Å². The van der Waals surface area contributed by atoms with E-state index in [9.17, 15) is 8.42 Å². The molecule has 0 aliphatic heterocycles. The summed E-state index contributed by atoms with van der Waals surface area (Å²) in [5.74, 6) is 0. The second-order valence-electron chi connectivity index (χ2n) is 4.56. The van der Waals surface area contributed by atoms with E-state index in [1.807, 2.05) is 19.9 Å². The number of hydrogen-bond acceptors (Lipinski definition) is 4. The largest absolute Gasteiger partial charge is 0.325 e. The van der Waals surface area contributed by atoms with E-state index in [1.165, 1.54) is 12.3 Å². The highest BCUT2D eigenvalue weighted by Gasteiger charge is 2.18. The Labute approximate surface area is 118 Å². The predicted molar refractivity (Wildman–Crippen MR) is 78.9 cm³/mol. The normalized spacial score (nSPS) is 11.3. The molecule has 0 unspecified atom stereocenters. The monoisotopic (exact) mass is 291 g/mol. The van der Waals surface area contributed by atoms with Crippen LogP contribution in [0.2, 0.25) is 0 Å². The minimum atomic E-state index is -3.68. The molecule has 2 aromatic rings. The van der Waals surface area contributed by atoms with Crippen molar-refractivity contribution >= 4 is 15.7 Å². The van der Waals surface area contributed by atoms with Crippen LogP contribution in [0.15, 0.2) is 41.4 Å². The van der Waals surface area contributed by atoms with Crippen molar-refractivity contribution in [3.05, 3.63) is 53.3 Å². The van der Waals surface area contributed by atoms with E-state index in [0.717, 1.165) is 11.1 Å². The summed E-state index contributed by atoms with van der Waals surface area (Å²) >= 11 is 0. The van der Waals surface area contributed by atoms with Gasteiger partial charge in [-0.05, 0) is 49.2 Å². The molecular weight excluding hydrogens is 274 g/mol. The number of rotatable bonds is 4. The average molecular weight is 291 g/mol. The second kappa shape index (κ2) is 5.60. The van der Waals surface area contributed by atoms with Crippen LogP contribution < -0.4 is 10.5 Å². The van der Waals surface area contributed by atoms with Crippen LogP contribution in [0.4, 0.5) is 5.69 Å². The second-order valence-corrected chi connectivity index (χ2v) is 6.21. The summed E-state index contributed by atoms with van der Waals surface area (Å²) in [5.41, 5.74) is 8.54. The SMILES string of the molecule is Cc1ccc(NS(=O)(=O)c2cccnc2CN)cc1C. The molecule has 0 aliphatic rings. The summed E-state index contributed by atoms with van der Waals surface area (Å²) in [5, 5.41) is 0. The molecule has 0 amide bonds. The van der Waals surface area contributed by atoms with Crippen LogP contribution in [0.1, 0.15) is 16.8 Å². The average Bonchev–Trinajstić information content (AvgIpc) is 2.42. The molecule has 0 radical (unpaired) electrons. The summed E-state index contributed by atoms with van der Waals surface area (Å²) in [6, 6.07) is 8.48. The zero-order valence-corrected chi connectivity index (χ0v) is 12.2. The molecule has 3 N–H and O–H groups in total. The molecule has 0 spiro atoms. The lowest BCUT2D eigenvalue weighted by molar-refractivity contribution is 0.599. The molecule has 1 aromatic heterocycles. The molecule has 0 atom stereocenters. The van der Waals surface area contributed by atoms with Crippen molar-refractivity contribution in [1.82, 2.24) is 4.98 Å². The summed E-state index contributed by atoms with van der Waals surface area (Å²) in [4.78, 5) is 4.10. The third-order valence-electron chi connectivity index (χ3n) is 3.09. The first-order valence-electron chi connectivity index (χ1n) is 6.18. The van der Waals surface area contributed by atoms with Gasteiger partial charge in [-0.2, -0.15) is 0 Å². The van der Waals surface area contributed by atoms with Gasteiger partial charge in [-0.1, -0.05) is 6.07 Å². The highest BCUT2D eigenvalue weighted by molar-refractivity contribution is 7.92. The molecule has 0 bridgehead atoms. The van der Waals surface area contributed by atoms with Crippen LogP contribution in [-0.2, 0) is 16.6 Å². The van der Waals surface area contributed by atoms with Gasteiger partial charge in [-0.25, -0.2) is 8.42 Å². The van der Waals surface area contributed by atoms with Gasteiger partial charge in [0.25, 0.3) is 10.0 Å². The number of nitrogens with two attached hydrogens (primary N) is 1. The number of hydrogen-bond donors (Lipinski definition) is 2. The number of aryl methyl sites for hydroxylation is 2. The minimum Gasteiger partial charge on any atom is -0.325 e. The van der Waals surface area contributed by atoms with E-state index in [1.54, 1.807) is 18.2 Å². The van der Waals surface area contributed by atoms with Gasteiger partial charge in [0.2, 0.25) is 0 Å². The van der Waals surface area contributed by atoms with Gasteiger partial charge < -0.3 is 5.73 Å². The van der Waals surface area contributed by atoms with Gasteiger partial charge in [0.05, 0.1) is 5.69 Å². The fourth-order valence-electron chi connectivity index (χ4n) is 1.84. The maximum Gasteiger partial charge on any atom is 0.263 e. The topological polar surface area (TPSA) is 85.1 Å². The lowest BCUT2D eigenvalue weighted by atomic mass is 10.1. The number of aromatic nitrogens is 1. The molecule has 0 fully saturated rings. The Bertz CT molecular complexity index is 727. The van der Waals surface area contributed by atoms with Crippen LogP contribution in [0.5, 0.6) is 0 Å². The third kappa shape index (κ3) is 2.97. The highest BCUT2D eigenvalue weighted by Crippen LogP contribution is 2.20. The van der Waals surface area contributed by atoms with E-state index in [0.29, 0.717) is 11.4 Å². The van der Waals surface area contributed by atoms with Crippen molar-refractivity contribution < 1.29 is 8.42 Å². The van der Waals surface area contributed by atoms with E-state index in [4.69, 9.17) is 5.73 Å². The molecule has 5 nitrogen and oxygen atoms in total. The summed E-state index contributed by atoms with van der Waals surface area (Å²) < 4.78 is 27.3. The maximum atomic E-state index is 12.4. The number of sulfonamides is 1. The zero-order valence-electron chi connectivity index (χ0n) is 11.4. The zero-order chi connectivity index (χ0) is 14.8. The molecule has 20 heavy (non-hydrogen) atoms. The van der Waals surface area contributed by atoms with E-state index >= 15 is 0 Å². The van der Waals surface area contributed by atoms with Crippen LogP contribution in [0, 0.1) is 13.8 Å². The fourth-order valence-corrected chi connectivity index (χ4v) is 3.09. The van der Waals surface area contributed by atoms with Gasteiger partial charge in [0, 0.05) is 18.4 Å². The Morgan fingerprint density at radius 3 is 2.60 bits per heavy atom. The molecule has 0 saturated heterocycles. The van der Waals surface area contributed by atoms with Crippen LogP contribution in [0.3, 0.4) is 0 Å². The number of pyridine rings is 1. The lowest BCUT2D eigenvalue weighted by Crippen LogP contribution is -2.17.